The van der Waals surface area contributed by atoms with Crippen molar-refractivity contribution in [2.24, 2.45) is 5.73 Å². The highest BCUT2D eigenvalue weighted by atomic mass is 35.5. The van der Waals surface area contributed by atoms with Gasteiger partial charge in [-0.05, 0) is 12.5 Å². The van der Waals surface area contributed by atoms with Gasteiger partial charge >= 0.3 is 0 Å². The summed E-state index contributed by atoms with van der Waals surface area (Å²) in [5.41, 5.74) is 6.03. The van der Waals surface area contributed by atoms with Crippen LogP contribution in [0.2, 0.25) is 0 Å². The predicted molar refractivity (Wildman–Crippen MR) is 56.9 cm³/mol. The van der Waals surface area contributed by atoms with Crippen LogP contribution in [0.3, 0.4) is 0 Å². The minimum absolute atomic E-state index is 0. The predicted octanol–water partition coefficient (Wildman–Crippen LogP) is 2.02. The number of aliphatic hydroxyl groups is 1. The van der Waals surface area contributed by atoms with Crippen molar-refractivity contribution < 1.29 is 9.50 Å². The molecule has 1 aromatic carbocycles. The van der Waals surface area contributed by atoms with Crippen molar-refractivity contribution in [3.8, 4) is 0 Å². The van der Waals surface area contributed by atoms with E-state index in [1.807, 2.05) is 6.92 Å². The Labute approximate surface area is 89.3 Å². The summed E-state index contributed by atoms with van der Waals surface area (Å²) in [5.74, 6) is -0.359. The van der Waals surface area contributed by atoms with E-state index >= 15 is 0 Å². The second kappa shape index (κ2) is 5.96. The molecule has 0 aromatic heterocycles. The van der Waals surface area contributed by atoms with E-state index in [1.165, 1.54) is 6.07 Å². The molecule has 0 aliphatic rings. The standard InChI is InChI=1S/C10H14FNO.ClH/c1-2-9(13)10(12)7-5-3-4-6-8(7)11;/h3-6,9-10,13H,2,12H2,1H3;1H/t9-,10+;/m0./s1. The molecule has 0 saturated carbocycles. The fourth-order valence-corrected chi connectivity index (χ4v) is 1.21. The lowest BCUT2D eigenvalue weighted by atomic mass is 10.0. The molecule has 3 N–H and O–H groups in total. The van der Waals surface area contributed by atoms with Crippen molar-refractivity contribution in [2.45, 2.75) is 25.5 Å². The SMILES string of the molecule is CC[C@H](O)[C@H](N)c1ccccc1F.Cl. The van der Waals surface area contributed by atoms with Gasteiger partial charge in [0.2, 0.25) is 0 Å². The van der Waals surface area contributed by atoms with Crippen LogP contribution in [0.15, 0.2) is 24.3 Å². The lowest BCUT2D eigenvalue weighted by molar-refractivity contribution is 0.139. The number of halogens is 2. The molecule has 14 heavy (non-hydrogen) atoms. The zero-order chi connectivity index (χ0) is 9.84. The van der Waals surface area contributed by atoms with E-state index in [2.05, 4.69) is 0 Å². The van der Waals surface area contributed by atoms with Crippen molar-refractivity contribution >= 4 is 12.4 Å². The average Bonchev–Trinajstić information content (AvgIpc) is 2.16. The molecule has 0 spiro atoms. The first-order valence-electron chi connectivity index (χ1n) is 4.35. The van der Waals surface area contributed by atoms with Crippen LogP contribution in [0.1, 0.15) is 24.9 Å². The second-order valence-corrected chi connectivity index (χ2v) is 3.02. The molecular formula is C10H15ClFNO. The van der Waals surface area contributed by atoms with Gasteiger partial charge in [0.05, 0.1) is 12.1 Å². The van der Waals surface area contributed by atoms with Gasteiger partial charge in [0.25, 0.3) is 0 Å². The third kappa shape index (κ3) is 2.94. The van der Waals surface area contributed by atoms with Crippen LogP contribution in [-0.2, 0) is 0 Å². The molecule has 80 valence electrons. The molecule has 0 aliphatic carbocycles. The van der Waals surface area contributed by atoms with Gasteiger partial charge in [-0.1, -0.05) is 25.1 Å². The van der Waals surface area contributed by atoms with Gasteiger partial charge in [0, 0.05) is 5.56 Å². The number of hydrogen-bond acceptors (Lipinski definition) is 2. The molecular weight excluding hydrogens is 205 g/mol. The summed E-state index contributed by atoms with van der Waals surface area (Å²) in [6.07, 6.45) is -0.160. The molecule has 2 atom stereocenters. The van der Waals surface area contributed by atoms with E-state index in [4.69, 9.17) is 5.73 Å². The molecule has 1 aromatic rings. The Bertz CT molecular complexity index is 283. The fraction of sp³-hybridized carbons (Fsp3) is 0.400. The Balaban J connectivity index is 0.00000169. The third-order valence-corrected chi connectivity index (χ3v) is 2.10. The highest BCUT2D eigenvalue weighted by Gasteiger charge is 2.17. The maximum absolute atomic E-state index is 13.1. The number of hydrogen-bond donors (Lipinski definition) is 2. The Morgan fingerprint density at radius 1 is 1.43 bits per heavy atom. The summed E-state index contributed by atoms with van der Waals surface area (Å²) in [5, 5.41) is 9.41. The van der Waals surface area contributed by atoms with Crippen LogP contribution in [0.4, 0.5) is 4.39 Å². The lowest BCUT2D eigenvalue weighted by Crippen LogP contribution is -2.26. The van der Waals surface area contributed by atoms with Gasteiger partial charge in [-0.3, -0.25) is 0 Å². The van der Waals surface area contributed by atoms with Gasteiger partial charge in [-0.2, -0.15) is 0 Å². The summed E-state index contributed by atoms with van der Waals surface area (Å²) in [6.45, 7) is 1.81. The van der Waals surface area contributed by atoms with Gasteiger partial charge in [-0.15, -0.1) is 12.4 Å². The Kier molecular flexibility index (Phi) is 5.69. The molecule has 0 radical (unpaired) electrons. The Hall–Kier alpha value is -0.640. The zero-order valence-corrected chi connectivity index (χ0v) is 8.80. The summed E-state index contributed by atoms with van der Waals surface area (Å²) in [7, 11) is 0. The van der Waals surface area contributed by atoms with Crippen LogP contribution in [0, 0.1) is 5.82 Å². The van der Waals surface area contributed by atoms with Crippen LogP contribution in [-0.4, -0.2) is 11.2 Å². The van der Waals surface area contributed by atoms with Crippen molar-refractivity contribution in [2.75, 3.05) is 0 Å². The molecule has 4 heteroatoms. The normalized spacial score (nSPS) is 14.3. The Morgan fingerprint density at radius 2 is 2.00 bits per heavy atom. The number of nitrogens with two attached hydrogens (primary N) is 1. The van der Waals surface area contributed by atoms with Crippen LogP contribution >= 0.6 is 12.4 Å². The van der Waals surface area contributed by atoms with Crippen LogP contribution in [0.25, 0.3) is 0 Å². The van der Waals surface area contributed by atoms with E-state index in [1.54, 1.807) is 18.2 Å². The molecule has 0 bridgehead atoms. The van der Waals surface area contributed by atoms with E-state index < -0.39 is 12.1 Å². The minimum atomic E-state index is -0.683. The van der Waals surface area contributed by atoms with E-state index in [0.717, 1.165) is 0 Å². The third-order valence-electron chi connectivity index (χ3n) is 2.10. The van der Waals surface area contributed by atoms with E-state index in [0.29, 0.717) is 12.0 Å². The summed E-state index contributed by atoms with van der Waals surface area (Å²) >= 11 is 0. The fourth-order valence-electron chi connectivity index (χ4n) is 1.21. The largest absolute Gasteiger partial charge is 0.391 e. The summed E-state index contributed by atoms with van der Waals surface area (Å²) < 4.78 is 13.1. The molecule has 0 fully saturated rings. The minimum Gasteiger partial charge on any atom is -0.391 e. The first-order chi connectivity index (χ1) is 6.16. The summed E-state index contributed by atoms with van der Waals surface area (Å²) in [4.78, 5) is 0. The smallest absolute Gasteiger partial charge is 0.128 e. The van der Waals surface area contributed by atoms with Gasteiger partial charge < -0.3 is 10.8 Å². The van der Waals surface area contributed by atoms with Crippen LogP contribution < -0.4 is 5.73 Å². The maximum atomic E-state index is 13.1. The molecule has 2 nitrogen and oxygen atoms in total. The molecule has 0 amide bonds. The van der Waals surface area contributed by atoms with Gasteiger partial charge in [0.15, 0.2) is 0 Å². The molecule has 1 rings (SSSR count). The average molecular weight is 220 g/mol. The quantitative estimate of drug-likeness (QED) is 0.817. The lowest BCUT2D eigenvalue weighted by Gasteiger charge is -2.17. The van der Waals surface area contributed by atoms with Gasteiger partial charge in [0.1, 0.15) is 5.82 Å². The first kappa shape index (κ1) is 13.4. The van der Waals surface area contributed by atoms with Crippen molar-refractivity contribution in [3.63, 3.8) is 0 Å². The van der Waals surface area contributed by atoms with E-state index in [-0.39, 0.29) is 18.2 Å². The number of benzene rings is 1. The van der Waals surface area contributed by atoms with E-state index in [9.17, 15) is 9.50 Å². The topological polar surface area (TPSA) is 46.2 Å². The highest BCUT2D eigenvalue weighted by molar-refractivity contribution is 5.85. The van der Waals surface area contributed by atoms with Crippen molar-refractivity contribution in [3.05, 3.63) is 35.6 Å². The molecule has 0 saturated heterocycles. The Morgan fingerprint density at radius 3 is 2.50 bits per heavy atom. The number of rotatable bonds is 3. The zero-order valence-electron chi connectivity index (χ0n) is 7.98. The highest BCUT2D eigenvalue weighted by Crippen LogP contribution is 2.18. The van der Waals surface area contributed by atoms with Crippen molar-refractivity contribution in [1.29, 1.82) is 0 Å². The second-order valence-electron chi connectivity index (χ2n) is 3.02. The molecule has 0 unspecified atom stereocenters. The summed E-state index contributed by atoms with van der Waals surface area (Å²) in [6, 6.07) is 5.62. The van der Waals surface area contributed by atoms with Gasteiger partial charge in [-0.25, -0.2) is 4.39 Å². The molecule has 0 aliphatic heterocycles. The van der Waals surface area contributed by atoms with Crippen molar-refractivity contribution in [1.82, 2.24) is 0 Å². The number of aliphatic hydroxyl groups excluding tert-OH is 1. The monoisotopic (exact) mass is 219 g/mol. The maximum Gasteiger partial charge on any atom is 0.128 e. The molecule has 0 heterocycles. The van der Waals surface area contributed by atoms with Crippen LogP contribution in [0.5, 0.6) is 0 Å². The first-order valence-corrected chi connectivity index (χ1v) is 4.35.